The molecule has 0 aliphatic heterocycles. The van der Waals surface area contributed by atoms with Crippen LogP contribution < -0.4 is 0 Å². The molecule has 21 heavy (non-hydrogen) atoms. The van der Waals surface area contributed by atoms with E-state index in [2.05, 4.69) is 10.1 Å². The van der Waals surface area contributed by atoms with Crippen LogP contribution in [0.1, 0.15) is 22.6 Å². The molecule has 0 saturated carbocycles. The van der Waals surface area contributed by atoms with Crippen molar-refractivity contribution in [3.05, 3.63) is 40.8 Å². The van der Waals surface area contributed by atoms with Gasteiger partial charge in [-0.05, 0) is 26.0 Å². The summed E-state index contributed by atoms with van der Waals surface area (Å²) in [4.78, 5) is 14.3. The Morgan fingerprint density at radius 1 is 1.33 bits per heavy atom. The van der Waals surface area contributed by atoms with Crippen LogP contribution in [-0.4, -0.2) is 25.8 Å². The first-order valence-corrected chi connectivity index (χ1v) is 6.01. The van der Waals surface area contributed by atoms with Crippen molar-refractivity contribution in [3.63, 3.8) is 0 Å². The minimum absolute atomic E-state index is 0.00191. The van der Waals surface area contributed by atoms with E-state index in [1.54, 1.807) is 13.8 Å². The van der Waals surface area contributed by atoms with E-state index in [0.717, 1.165) is 6.07 Å². The Labute approximate surface area is 118 Å². The number of hydrogen-bond acceptors (Lipinski definition) is 3. The molecule has 5 nitrogen and oxygen atoms in total. The molecular formula is C13H12F3N3O2. The lowest BCUT2D eigenvalue weighted by Gasteiger charge is -2.08. The Morgan fingerprint density at radius 2 is 2.00 bits per heavy atom. The number of nitrogens with zero attached hydrogens (tertiary/aromatic N) is 3. The number of alkyl halides is 3. The number of carbonyl (C=O) groups is 1. The molecule has 2 aromatic rings. The van der Waals surface area contributed by atoms with Gasteiger partial charge in [0, 0.05) is 11.3 Å². The third kappa shape index (κ3) is 3.04. The summed E-state index contributed by atoms with van der Waals surface area (Å²) in [5.41, 5.74) is 0.366. The van der Waals surface area contributed by atoms with Crippen LogP contribution in [0.15, 0.2) is 18.2 Å². The third-order valence-corrected chi connectivity index (χ3v) is 3.01. The van der Waals surface area contributed by atoms with Crippen molar-refractivity contribution in [1.29, 1.82) is 0 Å². The largest absolute Gasteiger partial charge is 0.481 e. The summed E-state index contributed by atoms with van der Waals surface area (Å²) < 4.78 is 39.2. The van der Waals surface area contributed by atoms with Gasteiger partial charge in [-0.15, -0.1) is 0 Å². The molecule has 0 saturated heterocycles. The van der Waals surface area contributed by atoms with Gasteiger partial charge < -0.3 is 5.11 Å². The van der Waals surface area contributed by atoms with E-state index in [-0.39, 0.29) is 12.2 Å². The first-order valence-electron chi connectivity index (χ1n) is 6.01. The number of aliphatic carboxylic acids is 1. The predicted octanol–water partition coefficient (Wildman–Crippen LogP) is 2.53. The van der Waals surface area contributed by atoms with Gasteiger partial charge in [0.25, 0.3) is 0 Å². The first kappa shape index (κ1) is 15.0. The number of carboxylic acids is 1. The quantitative estimate of drug-likeness (QED) is 0.945. The maximum Gasteiger partial charge on any atom is 0.433 e. The molecular weight excluding hydrogens is 287 g/mol. The SMILES string of the molecule is Cc1nn(-c2cccc(C(F)(F)F)n2)c(C)c1CC(=O)O. The Hall–Kier alpha value is -2.38. The van der Waals surface area contributed by atoms with Crippen molar-refractivity contribution in [3.8, 4) is 5.82 Å². The van der Waals surface area contributed by atoms with Crippen LogP contribution in [0.25, 0.3) is 5.82 Å². The molecule has 0 aromatic carbocycles. The number of rotatable bonds is 3. The van der Waals surface area contributed by atoms with Gasteiger partial charge in [0.1, 0.15) is 5.69 Å². The van der Waals surface area contributed by atoms with Crippen LogP contribution in [0.5, 0.6) is 0 Å². The lowest BCUT2D eigenvalue weighted by molar-refractivity contribution is -0.141. The lowest BCUT2D eigenvalue weighted by Crippen LogP contribution is -2.11. The van der Waals surface area contributed by atoms with Crippen LogP contribution in [-0.2, 0) is 17.4 Å². The van der Waals surface area contributed by atoms with Crippen molar-refractivity contribution in [2.45, 2.75) is 26.4 Å². The van der Waals surface area contributed by atoms with Crippen molar-refractivity contribution < 1.29 is 23.1 Å². The first-order chi connectivity index (χ1) is 9.70. The van der Waals surface area contributed by atoms with Crippen LogP contribution in [0, 0.1) is 13.8 Å². The zero-order valence-corrected chi connectivity index (χ0v) is 11.3. The summed E-state index contributed by atoms with van der Waals surface area (Å²) in [5.74, 6) is -1.03. The van der Waals surface area contributed by atoms with Crippen LogP contribution in [0.3, 0.4) is 0 Å². The normalized spacial score (nSPS) is 11.7. The number of carboxylic acid groups (broad SMARTS) is 1. The molecule has 2 rings (SSSR count). The number of halogens is 3. The van der Waals surface area contributed by atoms with Crippen LogP contribution in [0.4, 0.5) is 13.2 Å². The molecule has 2 aromatic heterocycles. The summed E-state index contributed by atoms with van der Waals surface area (Å²) in [7, 11) is 0. The highest BCUT2D eigenvalue weighted by atomic mass is 19.4. The van der Waals surface area contributed by atoms with Crippen LogP contribution in [0.2, 0.25) is 0 Å². The molecule has 0 fully saturated rings. The lowest BCUT2D eigenvalue weighted by atomic mass is 10.1. The summed E-state index contributed by atoms with van der Waals surface area (Å²) in [6, 6.07) is 3.49. The Morgan fingerprint density at radius 3 is 2.57 bits per heavy atom. The number of aromatic nitrogens is 3. The maximum atomic E-state index is 12.7. The Bertz CT molecular complexity index is 692. The molecule has 0 atom stereocenters. The van der Waals surface area contributed by atoms with Gasteiger partial charge in [0.05, 0.1) is 12.1 Å². The topological polar surface area (TPSA) is 68.0 Å². The molecule has 1 N–H and O–H groups in total. The fourth-order valence-corrected chi connectivity index (χ4v) is 2.00. The highest BCUT2D eigenvalue weighted by molar-refractivity contribution is 5.71. The zero-order valence-electron chi connectivity index (χ0n) is 11.3. The van der Waals surface area contributed by atoms with Gasteiger partial charge in [0.2, 0.25) is 0 Å². The van der Waals surface area contributed by atoms with Crippen molar-refractivity contribution in [2.75, 3.05) is 0 Å². The molecule has 0 bridgehead atoms. The monoisotopic (exact) mass is 299 g/mol. The van der Waals surface area contributed by atoms with Gasteiger partial charge in [-0.1, -0.05) is 6.07 Å². The fourth-order valence-electron chi connectivity index (χ4n) is 2.00. The number of hydrogen-bond donors (Lipinski definition) is 1. The van der Waals surface area contributed by atoms with Crippen molar-refractivity contribution in [1.82, 2.24) is 14.8 Å². The van der Waals surface area contributed by atoms with Gasteiger partial charge in [-0.2, -0.15) is 18.3 Å². The average Bonchev–Trinajstić information content (AvgIpc) is 2.65. The maximum absolute atomic E-state index is 12.7. The van der Waals surface area contributed by atoms with Gasteiger partial charge in [-0.3, -0.25) is 4.79 Å². The molecule has 0 radical (unpaired) electrons. The summed E-state index contributed by atoms with van der Waals surface area (Å²) in [6.07, 6.45) is -4.79. The smallest absolute Gasteiger partial charge is 0.433 e. The Kier molecular flexibility index (Phi) is 3.71. The molecule has 0 amide bonds. The van der Waals surface area contributed by atoms with Gasteiger partial charge in [-0.25, -0.2) is 9.67 Å². The van der Waals surface area contributed by atoms with Crippen LogP contribution >= 0.6 is 0 Å². The Balaban J connectivity index is 2.51. The second-order valence-electron chi connectivity index (χ2n) is 4.51. The fraction of sp³-hybridized carbons (Fsp3) is 0.308. The van der Waals surface area contributed by atoms with E-state index >= 15 is 0 Å². The summed E-state index contributed by atoms with van der Waals surface area (Å²) in [6.45, 7) is 3.20. The van der Waals surface area contributed by atoms with E-state index in [9.17, 15) is 18.0 Å². The molecule has 0 aliphatic rings. The third-order valence-electron chi connectivity index (χ3n) is 3.01. The van der Waals surface area contributed by atoms with E-state index < -0.39 is 17.8 Å². The molecule has 0 unspecified atom stereocenters. The average molecular weight is 299 g/mol. The minimum Gasteiger partial charge on any atom is -0.481 e. The zero-order chi connectivity index (χ0) is 15.8. The second-order valence-corrected chi connectivity index (χ2v) is 4.51. The van der Waals surface area contributed by atoms with E-state index in [1.165, 1.54) is 16.8 Å². The predicted molar refractivity (Wildman–Crippen MR) is 67.2 cm³/mol. The van der Waals surface area contributed by atoms with E-state index in [0.29, 0.717) is 17.0 Å². The van der Waals surface area contributed by atoms with Crippen molar-refractivity contribution in [2.24, 2.45) is 0 Å². The second kappa shape index (κ2) is 5.19. The number of aryl methyl sites for hydroxylation is 1. The highest BCUT2D eigenvalue weighted by Gasteiger charge is 2.32. The minimum atomic E-state index is -4.55. The molecule has 112 valence electrons. The van der Waals surface area contributed by atoms with Crippen molar-refractivity contribution >= 4 is 5.97 Å². The molecule has 2 heterocycles. The molecule has 0 spiro atoms. The summed E-state index contributed by atoms with van der Waals surface area (Å²) in [5, 5.41) is 12.9. The van der Waals surface area contributed by atoms with E-state index in [1.807, 2.05) is 0 Å². The highest BCUT2D eigenvalue weighted by Crippen LogP contribution is 2.28. The standard InChI is InChI=1S/C13H12F3N3O2/c1-7-9(6-12(20)21)8(2)19(18-7)11-5-3-4-10(17-11)13(14,15)16/h3-5H,6H2,1-2H3,(H,20,21). The summed E-state index contributed by atoms with van der Waals surface area (Å²) >= 11 is 0. The van der Waals surface area contributed by atoms with E-state index in [4.69, 9.17) is 5.11 Å². The number of pyridine rings is 1. The molecule has 0 aliphatic carbocycles. The van der Waals surface area contributed by atoms with Gasteiger partial charge in [0.15, 0.2) is 5.82 Å². The van der Waals surface area contributed by atoms with Gasteiger partial charge >= 0.3 is 12.1 Å². The molecule has 8 heteroatoms.